The van der Waals surface area contributed by atoms with Crippen LogP contribution in [0.15, 0.2) is 36.7 Å². The maximum absolute atomic E-state index is 12.5. The molecule has 1 fully saturated rings. The number of halogens is 3. The van der Waals surface area contributed by atoms with Crippen LogP contribution < -0.4 is 9.47 Å². The molecular formula is C18H17Cl3N2O3. The van der Waals surface area contributed by atoms with Gasteiger partial charge in [0.25, 0.3) is 5.91 Å². The van der Waals surface area contributed by atoms with Crippen LogP contribution in [0, 0.1) is 0 Å². The molecule has 0 N–H and O–H groups in total. The van der Waals surface area contributed by atoms with Crippen molar-refractivity contribution in [3.8, 4) is 11.5 Å². The van der Waals surface area contributed by atoms with E-state index < -0.39 is 0 Å². The van der Waals surface area contributed by atoms with E-state index in [0.29, 0.717) is 39.7 Å². The zero-order valence-corrected chi connectivity index (χ0v) is 16.1. The summed E-state index contributed by atoms with van der Waals surface area (Å²) in [6.45, 7) is 1.06. The summed E-state index contributed by atoms with van der Waals surface area (Å²) < 4.78 is 11.4. The summed E-state index contributed by atoms with van der Waals surface area (Å²) in [5, 5.41) is 1.34. The molecule has 1 saturated heterocycles. The molecule has 1 aliphatic heterocycles. The average Bonchev–Trinajstić information content (AvgIpc) is 2.63. The molecule has 8 heteroatoms. The molecule has 0 bridgehead atoms. The van der Waals surface area contributed by atoms with E-state index in [4.69, 9.17) is 44.3 Å². The molecule has 2 heterocycles. The van der Waals surface area contributed by atoms with Crippen molar-refractivity contribution in [1.29, 1.82) is 0 Å². The third-order valence-corrected chi connectivity index (χ3v) is 4.82. The minimum Gasteiger partial charge on any atom is -0.487 e. The molecule has 2 aromatic rings. The molecule has 3 rings (SSSR count). The Hall–Kier alpha value is -1.69. The van der Waals surface area contributed by atoms with Gasteiger partial charge in [0.15, 0.2) is 6.61 Å². The Balaban J connectivity index is 1.55. The van der Waals surface area contributed by atoms with Gasteiger partial charge in [-0.25, -0.2) is 0 Å². The summed E-state index contributed by atoms with van der Waals surface area (Å²) in [5.74, 6) is 0.882. The Labute approximate surface area is 166 Å². The van der Waals surface area contributed by atoms with Crippen LogP contribution in [0.5, 0.6) is 11.5 Å². The van der Waals surface area contributed by atoms with Gasteiger partial charge < -0.3 is 14.4 Å². The largest absolute Gasteiger partial charge is 0.487 e. The number of piperidine rings is 1. The number of ether oxygens (including phenoxy) is 2. The van der Waals surface area contributed by atoms with Crippen LogP contribution in [-0.4, -0.2) is 41.6 Å². The molecular weight excluding hydrogens is 399 g/mol. The average molecular weight is 416 g/mol. The third-order valence-electron chi connectivity index (χ3n) is 4.00. The Morgan fingerprint density at radius 2 is 2.04 bits per heavy atom. The molecule has 0 radical (unpaired) electrons. The first-order valence-electron chi connectivity index (χ1n) is 8.14. The first-order chi connectivity index (χ1) is 12.5. The molecule has 1 aromatic heterocycles. The molecule has 26 heavy (non-hydrogen) atoms. The molecule has 138 valence electrons. The van der Waals surface area contributed by atoms with Gasteiger partial charge in [-0.3, -0.25) is 9.78 Å². The summed E-state index contributed by atoms with van der Waals surface area (Å²) in [7, 11) is 0. The van der Waals surface area contributed by atoms with Crippen molar-refractivity contribution in [2.75, 3.05) is 19.7 Å². The highest BCUT2D eigenvalue weighted by Gasteiger charge is 2.25. The number of rotatable bonds is 5. The number of aromatic nitrogens is 1. The van der Waals surface area contributed by atoms with Gasteiger partial charge in [0.1, 0.15) is 22.6 Å². The monoisotopic (exact) mass is 414 g/mol. The van der Waals surface area contributed by atoms with Crippen molar-refractivity contribution in [1.82, 2.24) is 9.88 Å². The van der Waals surface area contributed by atoms with Gasteiger partial charge >= 0.3 is 0 Å². The first-order valence-corrected chi connectivity index (χ1v) is 9.28. The maximum atomic E-state index is 12.5. The molecule has 1 amide bonds. The van der Waals surface area contributed by atoms with Gasteiger partial charge in [-0.05, 0) is 31.0 Å². The van der Waals surface area contributed by atoms with Gasteiger partial charge in [0, 0.05) is 30.0 Å². The zero-order chi connectivity index (χ0) is 18.5. The number of likely N-dealkylation sites (tertiary alicyclic amines) is 1. The molecule has 0 aliphatic carbocycles. The van der Waals surface area contributed by atoms with E-state index in [9.17, 15) is 4.79 Å². The minimum atomic E-state index is -0.120. The van der Waals surface area contributed by atoms with Crippen LogP contribution in [0.3, 0.4) is 0 Å². The van der Waals surface area contributed by atoms with Crippen LogP contribution in [0.2, 0.25) is 15.1 Å². The van der Waals surface area contributed by atoms with Crippen LogP contribution in [0.25, 0.3) is 0 Å². The fourth-order valence-corrected chi connectivity index (χ4v) is 3.35. The lowest BCUT2D eigenvalue weighted by Gasteiger charge is -2.33. The van der Waals surface area contributed by atoms with E-state index in [1.54, 1.807) is 35.4 Å². The van der Waals surface area contributed by atoms with Crippen LogP contribution in [-0.2, 0) is 4.79 Å². The number of carbonyl (C=O) groups is 1. The van der Waals surface area contributed by atoms with Crippen molar-refractivity contribution < 1.29 is 14.3 Å². The predicted octanol–water partition coefficient (Wildman–Crippen LogP) is 4.49. The van der Waals surface area contributed by atoms with E-state index in [0.717, 1.165) is 12.8 Å². The third kappa shape index (κ3) is 4.93. The highest BCUT2D eigenvalue weighted by atomic mass is 35.5. The van der Waals surface area contributed by atoms with E-state index in [1.165, 1.54) is 6.20 Å². The van der Waals surface area contributed by atoms with Crippen LogP contribution >= 0.6 is 34.8 Å². The van der Waals surface area contributed by atoms with E-state index >= 15 is 0 Å². The molecule has 0 spiro atoms. The molecule has 5 nitrogen and oxygen atoms in total. The normalized spacial score (nSPS) is 17.0. The quantitative estimate of drug-likeness (QED) is 0.722. The van der Waals surface area contributed by atoms with Crippen molar-refractivity contribution >= 4 is 40.7 Å². The fourth-order valence-electron chi connectivity index (χ4n) is 2.72. The highest BCUT2D eigenvalue weighted by molar-refractivity contribution is 6.35. The molecule has 1 atom stereocenters. The fraction of sp³-hybridized carbons (Fsp3) is 0.333. The van der Waals surface area contributed by atoms with Gasteiger partial charge in [-0.2, -0.15) is 0 Å². The lowest BCUT2D eigenvalue weighted by atomic mass is 10.1. The Bertz CT molecular complexity index is 788. The van der Waals surface area contributed by atoms with Gasteiger partial charge in [-0.1, -0.05) is 34.8 Å². The predicted molar refractivity (Wildman–Crippen MR) is 101 cm³/mol. The lowest BCUT2D eigenvalue weighted by molar-refractivity contribution is -0.136. The van der Waals surface area contributed by atoms with E-state index in [1.807, 2.05) is 0 Å². The highest BCUT2D eigenvalue weighted by Crippen LogP contribution is 2.28. The van der Waals surface area contributed by atoms with Crippen molar-refractivity contribution in [2.24, 2.45) is 0 Å². The SMILES string of the molecule is O=C(COc1ccc(Cl)cc1Cl)N1CCC[C@H](Oc2ccncc2Cl)C1. The minimum absolute atomic E-state index is 0.0932. The summed E-state index contributed by atoms with van der Waals surface area (Å²) in [6, 6.07) is 6.60. The van der Waals surface area contributed by atoms with E-state index in [-0.39, 0.29) is 18.6 Å². The lowest BCUT2D eigenvalue weighted by Crippen LogP contribution is -2.46. The number of amides is 1. The summed E-state index contributed by atoms with van der Waals surface area (Å²) in [6.07, 6.45) is 4.74. The molecule has 0 unspecified atom stereocenters. The summed E-state index contributed by atoms with van der Waals surface area (Å²) >= 11 is 18.0. The van der Waals surface area contributed by atoms with Crippen molar-refractivity contribution in [2.45, 2.75) is 18.9 Å². The van der Waals surface area contributed by atoms with Gasteiger partial charge in [0.05, 0.1) is 11.6 Å². The number of carbonyl (C=O) groups excluding carboxylic acids is 1. The molecule has 1 aliphatic rings. The summed E-state index contributed by atoms with van der Waals surface area (Å²) in [5.41, 5.74) is 0. The summed E-state index contributed by atoms with van der Waals surface area (Å²) in [4.78, 5) is 18.1. The molecule has 1 aromatic carbocycles. The second kappa shape index (κ2) is 8.80. The standard InChI is InChI=1S/C18H17Cl3N2O3/c19-12-3-4-16(14(20)8-12)25-11-18(24)23-7-1-2-13(10-23)26-17-5-6-22-9-15(17)21/h3-6,8-9,13H,1-2,7,10-11H2/t13-/m0/s1. The number of hydrogen-bond acceptors (Lipinski definition) is 4. The Morgan fingerprint density at radius 3 is 2.81 bits per heavy atom. The number of pyridine rings is 1. The van der Waals surface area contributed by atoms with Crippen molar-refractivity contribution in [3.63, 3.8) is 0 Å². The van der Waals surface area contributed by atoms with Gasteiger partial charge in [0.2, 0.25) is 0 Å². The van der Waals surface area contributed by atoms with Gasteiger partial charge in [-0.15, -0.1) is 0 Å². The second-order valence-electron chi connectivity index (χ2n) is 5.89. The Morgan fingerprint density at radius 1 is 1.19 bits per heavy atom. The molecule has 0 saturated carbocycles. The number of nitrogens with zero attached hydrogens (tertiary/aromatic N) is 2. The number of hydrogen-bond donors (Lipinski definition) is 0. The smallest absolute Gasteiger partial charge is 0.260 e. The first kappa shape index (κ1) is 19.1. The van der Waals surface area contributed by atoms with E-state index in [2.05, 4.69) is 4.98 Å². The number of benzene rings is 1. The van der Waals surface area contributed by atoms with Crippen LogP contribution in [0.4, 0.5) is 0 Å². The zero-order valence-electron chi connectivity index (χ0n) is 13.8. The maximum Gasteiger partial charge on any atom is 0.260 e. The van der Waals surface area contributed by atoms with Crippen molar-refractivity contribution in [3.05, 3.63) is 51.7 Å². The topological polar surface area (TPSA) is 51.7 Å². The van der Waals surface area contributed by atoms with Crippen LogP contribution in [0.1, 0.15) is 12.8 Å². The second-order valence-corrected chi connectivity index (χ2v) is 7.14. The Kier molecular flexibility index (Phi) is 6.46.